The zero-order valence-electron chi connectivity index (χ0n) is 9.60. The highest BCUT2D eigenvalue weighted by molar-refractivity contribution is 7.90. The molecule has 3 N–H and O–H groups in total. The Kier molecular flexibility index (Phi) is 4.43. The molecule has 0 spiro atoms. The standard InChI is InChI=1S/C9H18N4O2S/c1-3-4-8-11-9(13-12-8)7(10)5-6-16(2,14)15/h7H,3-6,10H2,1-2H3,(H,11,12,13). The number of sulfone groups is 1. The Bertz CT molecular complexity index is 426. The van der Waals surface area contributed by atoms with E-state index in [9.17, 15) is 8.42 Å². The summed E-state index contributed by atoms with van der Waals surface area (Å²) in [6, 6.07) is -0.420. The van der Waals surface area contributed by atoms with Gasteiger partial charge in [-0.1, -0.05) is 6.92 Å². The van der Waals surface area contributed by atoms with Gasteiger partial charge in [0.15, 0.2) is 5.82 Å². The lowest BCUT2D eigenvalue weighted by Crippen LogP contribution is -2.17. The molecular formula is C9H18N4O2S. The molecule has 16 heavy (non-hydrogen) atoms. The third-order valence-electron chi connectivity index (χ3n) is 2.17. The Labute approximate surface area is 95.6 Å². The fraction of sp³-hybridized carbons (Fsp3) is 0.778. The number of rotatable bonds is 6. The third kappa shape index (κ3) is 4.28. The molecule has 7 heteroatoms. The molecule has 1 heterocycles. The van der Waals surface area contributed by atoms with Gasteiger partial charge in [0, 0.05) is 12.7 Å². The fourth-order valence-corrected chi connectivity index (χ4v) is 1.98. The van der Waals surface area contributed by atoms with Crippen LogP contribution in [-0.2, 0) is 16.3 Å². The quantitative estimate of drug-likeness (QED) is 0.746. The molecule has 6 nitrogen and oxygen atoms in total. The van der Waals surface area contributed by atoms with Crippen molar-refractivity contribution in [2.75, 3.05) is 12.0 Å². The van der Waals surface area contributed by atoms with Gasteiger partial charge in [-0.25, -0.2) is 13.4 Å². The topological polar surface area (TPSA) is 102 Å². The molecule has 0 saturated carbocycles. The molecule has 1 rings (SSSR count). The van der Waals surface area contributed by atoms with Crippen LogP contribution >= 0.6 is 0 Å². The van der Waals surface area contributed by atoms with E-state index in [1.54, 1.807) is 0 Å². The highest BCUT2D eigenvalue weighted by Crippen LogP contribution is 2.10. The van der Waals surface area contributed by atoms with Crippen molar-refractivity contribution in [3.8, 4) is 0 Å². The van der Waals surface area contributed by atoms with Gasteiger partial charge in [0.2, 0.25) is 0 Å². The molecule has 0 aliphatic rings. The van der Waals surface area contributed by atoms with Crippen LogP contribution in [0.15, 0.2) is 0 Å². The van der Waals surface area contributed by atoms with Crippen LogP contribution in [0, 0.1) is 0 Å². The molecule has 0 amide bonds. The van der Waals surface area contributed by atoms with Gasteiger partial charge in [-0.3, -0.25) is 5.10 Å². The van der Waals surface area contributed by atoms with Gasteiger partial charge in [-0.2, -0.15) is 5.10 Å². The summed E-state index contributed by atoms with van der Waals surface area (Å²) >= 11 is 0. The van der Waals surface area contributed by atoms with Gasteiger partial charge in [-0.05, 0) is 12.8 Å². The van der Waals surface area contributed by atoms with Crippen LogP contribution in [0.25, 0.3) is 0 Å². The zero-order valence-corrected chi connectivity index (χ0v) is 10.4. The second-order valence-electron chi connectivity index (χ2n) is 3.92. The zero-order chi connectivity index (χ0) is 12.2. The number of hydrogen-bond acceptors (Lipinski definition) is 5. The lowest BCUT2D eigenvalue weighted by molar-refractivity contribution is 0.587. The van der Waals surface area contributed by atoms with Gasteiger partial charge in [0.05, 0.1) is 11.8 Å². The Hall–Kier alpha value is -0.950. The van der Waals surface area contributed by atoms with Crippen LogP contribution in [0.5, 0.6) is 0 Å². The minimum absolute atomic E-state index is 0.0613. The maximum Gasteiger partial charge on any atom is 0.167 e. The van der Waals surface area contributed by atoms with Crippen LogP contribution in [0.2, 0.25) is 0 Å². The summed E-state index contributed by atoms with van der Waals surface area (Å²) in [4.78, 5) is 4.21. The van der Waals surface area contributed by atoms with Crippen molar-refractivity contribution in [2.24, 2.45) is 5.73 Å². The van der Waals surface area contributed by atoms with E-state index >= 15 is 0 Å². The Morgan fingerprint density at radius 1 is 1.50 bits per heavy atom. The highest BCUT2D eigenvalue weighted by atomic mass is 32.2. The van der Waals surface area contributed by atoms with E-state index in [2.05, 4.69) is 15.2 Å². The molecule has 0 aromatic carbocycles. The number of aromatic amines is 1. The van der Waals surface area contributed by atoms with Gasteiger partial charge in [-0.15, -0.1) is 0 Å². The van der Waals surface area contributed by atoms with E-state index < -0.39 is 15.9 Å². The molecule has 0 bridgehead atoms. The lowest BCUT2D eigenvalue weighted by atomic mass is 10.2. The summed E-state index contributed by atoms with van der Waals surface area (Å²) in [5, 5.41) is 6.77. The monoisotopic (exact) mass is 246 g/mol. The van der Waals surface area contributed by atoms with E-state index in [-0.39, 0.29) is 5.75 Å². The number of nitrogens with zero attached hydrogens (tertiary/aromatic N) is 2. The van der Waals surface area contributed by atoms with Crippen molar-refractivity contribution in [1.29, 1.82) is 0 Å². The average Bonchev–Trinajstić information content (AvgIpc) is 2.62. The first-order valence-electron chi connectivity index (χ1n) is 5.27. The minimum atomic E-state index is -2.98. The average molecular weight is 246 g/mol. The van der Waals surface area contributed by atoms with Gasteiger partial charge in [0.1, 0.15) is 15.7 Å². The van der Waals surface area contributed by atoms with E-state index in [4.69, 9.17) is 5.73 Å². The van der Waals surface area contributed by atoms with Crippen LogP contribution < -0.4 is 5.73 Å². The molecule has 0 aliphatic carbocycles. The largest absolute Gasteiger partial charge is 0.321 e. The molecule has 0 fully saturated rings. The predicted octanol–water partition coefficient (Wildman–Crippen LogP) is 0.192. The Morgan fingerprint density at radius 2 is 2.19 bits per heavy atom. The smallest absolute Gasteiger partial charge is 0.167 e. The maximum atomic E-state index is 11.0. The highest BCUT2D eigenvalue weighted by Gasteiger charge is 2.14. The van der Waals surface area contributed by atoms with E-state index in [0.29, 0.717) is 12.2 Å². The summed E-state index contributed by atoms with van der Waals surface area (Å²) in [6.07, 6.45) is 3.35. The first kappa shape index (κ1) is 13.1. The van der Waals surface area contributed by atoms with Crippen LogP contribution in [0.3, 0.4) is 0 Å². The SMILES string of the molecule is CCCc1nc(C(N)CCS(C)(=O)=O)n[nH]1. The number of nitrogens with two attached hydrogens (primary N) is 1. The fourth-order valence-electron chi connectivity index (χ4n) is 1.29. The summed E-state index contributed by atoms with van der Waals surface area (Å²) in [7, 11) is -2.98. The van der Waals surface area contributed by atoms with Crippen LogP contribution in [0.1, 0.15) is 37.5 Å². The van der Waals surface area contributed by atoms with Gasteiger partial charge in [0.25, 0.3) is 0 Å². The summed E-state index contributed by atoms with van der Waals surface area (Å²) in [5.74, 6) is 1.35. The first-order chi connectivity index (χ1) is 7.42. The first-order valence-corrected chi connectivity index (χ1v) is 7.33. The van der Waals surface area contributed by atoms with Crippen molar-refractivity contribution in [3.05, 3.63) is 11.6 Å². The molecule has 0 saturated heterocycles. The number of hydrogen-bond donors (Lipinski definition) is 2. The number of aryl methyl sites for hydroxylation is 1. The number of H-pyrrole nitrogens is 1. The van der Waals surface area contributed by atoms with Gasteiger partial charge < -0.3 is 5.73 Å². The summed E-state index contributed by atoms with van der Waals surface area (Å²) < 4.78 is 21.9. The van der Waals surface area contributed by atoms with Crippen molar-refractivity contribution in [1.82, 2.24) is 15.2 Å². The van der Waals surface area contributed by atoms with Crippen molar-refractivity contribution >= 4 is 9.84 Å². The van der Waals surface area contributed by atoms with Crippen molar-refractivity contribution in [2.45, 2.75) is 32.2 Å². The number of aromatic nitrogens is 3. The maximum absolute atomic E-state index is 11.0. The van der Waals surface area contributed by atoms with Crippen LogP contribution in [-0.4, -0.2) is 35.6 Å². The minimum Gasteiger partial charge on any atom is -0.321 e. The normalized spacial score (nSPS) is 13.9. The second kappa shape index (κ2) is 5.40. The second-order valence-corrected chi connectivity index (χ2v) is 6.18. The lowest BCUT2D eigenvalue weighted by Gasteiger charge is -2.05. The summed E-state index contributed by atoms with van der Waals surface area (Å²) in [5.41, 5.74) is 5.80. The van der Waals surface area contributed by atoms with Crippen molar-refractivity contribution < 1.29 is 8.42 Å². The summed E-state index contributed by atoms with van der Waals surface area (Å²) in [6.45, 7) is 2.05. The molecule has 0 aliphatic heterocycles. The Morgan fingerprint density at radius 3 is 2.75 bits per heavy atom. The Balaban J connectivity index is 2.55. The molecule has 92 valence electrons. The van der Waals surface area contributed by atoms with E-state index in [1.165, 1.54) is 6.26 Å². The van der Waals surface area contributed by atoms with Crippen molar-refractivity contribution in [3.63, 3.8) is 0 Å². The molecule has 1 atom stereocenters. The number of nitrogens with one attached hydrogen (secondary N) is 1. The molecule has 1 aromatic heterocycles. The molecule has 0 radical (unpaired) electrons. The molecule has 1 aromatic rings. The van der Waals surface area contributed by atoms with E-state index in [1.807, 2.05) is 6.92 Å². The van der Waals surface area contributed by atoms with Crippen LogP contribution in [0.4, 0.5) is 0 Å². The molecular weight excluding hydrogens is 228 g/mol. The molecule has 1 unspecified atom stereocenters. The third-order valence-corrected chi connectivity index (χ3v) is 3.14. The predicted molar refractivity (Wildman–Crippen MR) is 61.6 cm³/mol. The van der Waals surface area contributed by atoms with E-state index in [0.717, 1.165) is 18.7 Å². The van der Waals surface area contributed by atoms with Gasteiger partial charge >= 0.3 is 0 Å².